The molecule has 0 aliphatic rings. The van der Waals surface area contributed by atoms with Crippen LogP contribution in [0, 0.1) is 0 Å². The number of amides is 1. The minimum atomic E-state index is -3.77. The maximum atomic E-state index is 13.1. The molecule has 1 N–H and O–H groups in total. The Hall–Kier alpha value is -2.58. The molecule has 3 aromatic rings. The molecule has 1 atom stereocenters. The molecule has 0 saturated heterocycles. The van der Waals surface area contributed by atoms with E-state index in [-0.39, 0.29) is 23.1 Å². The summed E-state index contributed by atoms with van der Waals surface area (Å²) in [6.45, 7) is -0.0986. The number of nitrogens with one attached hydrogen (secondary N) is 1. The number of furan rings is 1. The van der Waals surface area contributed by atoms with Crippen LogP contribution in [-0.2, 0) is 9.84 Å². The zero-order chi connectivity index (χ0) is 18.6. The lowest BCUT2D eigenvalue weighted by atomic mass is 10.3. The molecule has 0 unspecified atom stereocenters. The standard InChI is InChI=1S/C18H17NO5S2/c1-23-13-6-8-14(9-7-13)26(21,22)17(15-4-2-10-24-15)12-19-18(20)16-5-3-11-25-16/h2-11,17H,12H2,1H3,(H,19,20)/t17-/m1/s1. The molecule has 0 spiro atoms. The normalized spacial score (nSPS) is 12.5. The van der Waals surface area contributed by atoms with Crippen molar-refractivity contribution in [2.45, 2.75) is 10.1 Å². The second kappa shape index (κ2) is 7.76. The molecule has 26 heavy (non-hydrogen) atoms. The highest BCUT2D eigenvalue weighted by atomic mass is 32.2. The van der Waals surface area contributed by atoms with Crippen LogP contribution in [-0.4, -0.2) is 28.0 Å². The van der Waals surface area contributed by atoms with Gasteiger partial charge in [0.25, 0.3) is 5.91 Å². The summed E-state index contributed by atoms with van der Waals surface area (Å²) in [7, 11) is -2.26. The third-order valence-electron chi connectivity index (χ3n) is 3.82. The molecule has 0 aliphatic carbocycles. The Kier molecular flexibility index (Phi) is 5.43. The smallest absolute Gasteiger partial charge is 0.261 e. The molecule has 6 nitrogen and oxygen atoms in total. The van der Waals surface area contributed by atoms with Gasteiger partial charge in [0.2, 0.25) is 0 Å². The predicted molar refractivity (Wildman–Crippen MR) is 98.3 cm³/mol. The van der Waals surface area contributed by atoms with E-state index in [1.165, 1.54) is 36.8 Å². The number of benzene rings is 1. The summed E-state index contributed by atoms with van der Waals surface area (Å²) in [5, 5.41) is 3.43. The van der Waals surface area contributed by atoms with Gasteiger partial charge in [0.1, 0.15) is 16.8 Å². The maximum absolute atomic E-state index is 13.1. The third-order valence-corrected chi connectivity index (χ3v) is 6.76. The lowest BCUT2D eigenvalue weighted by Crippen LogP contribution is -2.31. The van der Waals surface area contributed by atoms with Crippen LogP contribution in [0.2, 0.25) is 0 Å². The number of ether oxygens (including phenoxy) is 1. The van der Waals surface area contributed by atoms with Crippen LogP contribution in [0.3, 0.4) is 0 Å². The van der Waals surface area contributed by atoms with Gasteiger partial charge >= 0.3 is 0 Å². The van der Waals surface area contributed by atoms with Gasteiger partial charge in [0.15, 0.2) is 9.84 Å². The third kappa shape index (κ3) is 3.81. The van der Waals surface area contributed by atoms with E-state index in [0.29, 0.717) is 10.6 Å². The molecule has 1 amide bonds. The van der Waals surface area contributed by atoms with Crippen LogP contribution < -0.4 is 10.1 Å². The van der Waals surface area contributed by atoms with Gasteiger partial charge < -0.3 is 14.5 Å². The number of thiophene rings is 1. The van der Waals surface area contributed by atoms with Crippen molar-refractivity contribution >= 4 is 27.1 Å². The van der Waals surface area contributed by atoms with E-state index in [9.17, 15) is 13.2 Å². The summed E-state index contributed by atoms with van der Waals surface area (Å²) < 4.78 is 36.5. The molecule has 136 valence electrons. The SMILES string of the molecule is COc1ccc(S(=O)(=O)[C@H](CNC(=O)c2cccs2)c2ccco2)cc1. The molecular formula is C18H17NO5S2. The summed E-state index contributed by atoms with van der Waals surface area (Å²) >= 11 is 1.29. The van der Waals surface area contributed by atoms with Crippen molar-refractivity contribution in [3.63, 3.8) is 0 Å². The van der Waals surface area contributed by atoms with Crippen LogP contribution in [0.1, 0.15) is 20.7 Å². The average Bonchev–Trinajstić information content (AvgIpc) is 3.35. The first kappa shape index (κ1) is 18.2. The van der Waals surface area contributed by atoms with Gasteiger partial charge in [-0.05, 0) is 47.8 Å². The van der Waals surface area contributed by atoms with Gasteiger partial charge in [-0.2, -0.15) is 0 Å². The Balaban J connectivity index is 1.86. The van der Waals surface area contributed by atoms with E-state index in [0.717, 1.165) is 0 Å². The summed E-state index contributed by atoms with van der Waals surface area (Å²) in [5.74, 6) is 0.512. The highest BCUT2D eigenvalue weighted by Crippen LogP contribution is 2.30. The fraction of sp³-hybridized carbons (Fsp3) is 0.167. The molecule has 0 bridgehead atoms. The zero-order valence-electron chi connectivity index (χ0n) is 13.9. The van der Waals surface area contributed by atoms with Crippen molar-refractivity contribution in [2.24, 2.45) is 0 Å². The summed E-state index contributed by atoms with van der Waals surface area (Å²) in [6.07, 6.45) is 1.41. The van der Waals surface area contributed by atoms with Crippen molar-refractivity contribution in [3.05, 3.63) is 70.8 Å². The van der Waals surface area contributed by atoms with Crippen molar-refractivity contribution in [3.8, 4) is 5.75 Å². The van der Waals surface area contributed by atoms with E-state index in [1.54, 1.807) is 41.8 Å². The zero-order valence-corrected chi connectivity index (χ0v) is 15.5. The molecule has 8 heteroatoms. The largest absolute Gasteiger partial charge is 0.497 e. The number of rotatable bonds is 7. The highest BCUT2D eigenvalue weighted by Gasteiger charge is 2.32. The lowest BCUT2D eigenvalue weighted by Gasteiger charge is -2.16. The molecular weight excluding hydrogens is 374 g/mol. The fourth-order valence-electron chi connectivity index (χ4n) is 2.45. The quantitative estimate of drug-likeness (QED) is 0.668. The summed E-state index contributed by atoms with van der Waals surface area (Å²) in [6, 6.07) is 12.8. The molecule has 0 saturated carbocycles. The first-order chi connectivity index (χ1) is 12.5. The van der Waals surface area contributed by atoms with Crippen LogP contribution >= 0.6 is 11.3 Å². The van der Waals surface area contributed by atoms with Gasteiger partial charge in [0.05, 0.1) is 23.1 Å². The van der Waals surface area contributed by atoms with E-state index >= 15 is 0 Å². The fourth-order valence-corrected chi connectivity index (χ4v) is 4.67. The molecule has 0 radical (unpaired) electrons. The van der Waals surface area contributed by atoms with Crippen LogP contribution in [0.4, 0.5) is 0 Å². The van der Waals surface area contributed by atoms with Crippen molar-refractivity contribution in [1.82, 2.24) is 5.32 Å². The Labute approximate surface area is 155 Å². The molecule has 0 aliphatic heterocycles. The van der Waals surface area contributed by atoms with Crippen molar-refractivity contribution < 1.29 is 22.4 Å². The topological polar surface area (TPSA) is 85.6 Å². The van der Waals surface area contributed by atoms with Crippen molar-refractivity contribution in [1.29, 1.82) is 0 Å². The van der Waals surface area contributed by atoms with Crippen molar-refractivity contribution in [2.75, 3.05) is 13.7 Å². The minimum Gasteiger partial charge on any atom is -0.497 e. The molecule has 1 aromatic carbocycles. The molecule has 3 rings (SSSR count). The minimum absolute atomic E-state index is 0.0986. The van der Waals surface area contributed by atoms with E-state index in [2.05, 4.69) is 5.32 Å². The Morgan fingerprint density at radius 1 is 1.19 bits per heavy atom. The maximum Gasteiger partial charge on any atom is 0.261 e. The molecule has 0 fully saturated rings. The van der Waals surface area contributed by atoms with Gasteiger partial charge in [-0.15, -0.1) is 11.3 Å². The summed E-state index contributed by atoms with van der Waals surface area (Å²) in [4.78, 5) is 12.8. The monoisotopic (exact) mass is 391 g/mol. The number of hydrogen-bond donors (Lipinski definition) is 1. The first-order valence-corrected chi connectivity index (χ1v) is 10.2. The number of methoxy groups -OCH3 is 1. The average molecular weight is 391 g/mol. The van der Waals surface area contributed by atoms with Crippen LogP contribution in [0.15, 0.2) is 69.5 Å². The van der Waals surface area contributed by atoms with Gasteiger partial charge in [0, 0.05) is 6.54 Å². The van der Waals surface area contributed by atoms with Gasteiger partial charge in [-0.1, -0.05) is 6.07 Å². The van der Waals surface area contributed by atoms with Gasteiger partial charge in [-0.25, -0.2) is 8.42 Å². The number of carbonyl (C=O) groups is 1. The predicted octanol–water partition coefficient (Wildman–Crippen LogP) is 3.29. The Bertz CT molecular complexity index is 946. The Morgan fingerprint density at radius 3 is 2.54 bits per heavy atom. The Morgan fingerprint density at radius 2 is 1.96 bits per heavy atom. The second-order valence-electron chi connectivity index (χ2n) is 5.41. The highest BCUT2D eigenvalue weighted by molar-refractivity contribution is 7.91. The van der Waals surface area contributed by atoms with E-state index < -0.39 is 15.1 Å². The number of sulfone groups is 1. The van der Waals surface area contributed by atoms with E-state index in [1.807, 2.05) is 0 Å². The summed E-state index contributed by atoms with van der Waals surface area (Å²) in [5.41, 5.74) is 0. The van der Waals surface area contributed by atoms with Gasteiger partial charge in [-0.3, -0.25) is 4.79 Å². The second-order valence-corrected chi connectivity index (χ2v) is 8.49. The molecule has 2 aromatic heterocycles. The lowest BCUT2D eigenvalue weighted by molar-refractivity contribution is 0.0957. The molecule has 2 heterocycles. The number of hydrogen-bond acceptors (Lipinski definition) is 6. The van der Waals surface area contributed by atoms with Crippen LogP contribution in [0.25, 0.3) is 0 Å². The van der Waals surface area contributed by atoms with E-state index in [4.69, 9.17) is 9.15 Å². The van der Waals surface area contributed by atoms with Crippen LogP contribution in [0.5, 0.6) is 5.75 Å². The number of carbonyl (C=O) groups excluding carboxylic acids is 1. The first-order valence-electron chi connectivity index (χ1n) is 7.75.